The van der Waals surface area contributed by atoms with Crippen molar-refractivity contribution in [1.82, 2.24) is 10.3 Å². The summed E-state index contributed by atoms with van der Waals surface area (Å²) in [5.41, 5.74) is 22.5. The van der Waals surface area contributed by atoms with E-state index in [2.05, 4.69) is 20.7 Å². The Kier molecular flexibility index (Phi) is 6.80. The van der Waals surface area contributed by atoms with Gasteiger partial charge >= 0.3 is 0 Å². The van der Waals surface area contributed by atoms with Gasteiger partial charge in [-0.15, -0.1) is 0 Å². The van der Waals surface area contributed by atoms with Gasteiger partial charge in [0.15, 0.2) is 17.5 Å². The molecule has 1 fully saturated rings. The van der Waals surface area contributed by atoms with Crippen molar-refractivity contribution >= 4 is 23.5 Å². The van der Waals surface area contributed by atoms with E-state index in [0.717, 1.165) is 25.1 Å². The standard InChI is InChI=1S/C20H26F2N8/c21-16-5-13(12-1-2-27-9-12)4-15(18(16)22)10-28-8-11(7-23)3-14-6-17(24)29-20(30-26)19(14)25/h4-8,12,27H,1-3,9-10,23,25-26H2,(H3,24,29,30). The topological polar surface area (TPSA) is 153 Å². The molecule has 2 heterocycles. The van der Waals surface area contributed by atoms with Gasteiger partial charge < -0.3 is 27.9 Å². The lowest BCUT2D eigenvalue weighted by Gasteiger charge is -2.12. The normalized spacial score (nSPS) is 17.0. The summed E-state index contributed by atoms with van der Waals surface area (Å²) in [6, 6.07) is 4.56. The Labute approximate surface area is 173 Å². The van der Waals surface area contributed by atoms with Crippen LogP contribution in [0.15, 0.2) is 35.0 Å². The summed E-state index contributed by atoms with van der Waals surface area (Å²) in [5.74, 6) is 4.33. The zero-order valence-corrected chi connectivity index (χ0v) is 16.5. The zero-order valence-electron chi connectivity index (χ0n) is 16.5. The van der Waals surface area contributed by atoms with Crippen LogP contribution in [0.4, 0.5) is 26.1 Å². The predicted molar refractivity (Wildman–Crippen MR) is 116 cm³/mol. The van der Waals surface area contributed by atoms with Crippen molar-refractivity contribution < 1.29 is 8.78 Å². The smallest absolute Gasteiger partial charge is 0.165 e. The van der Waals surface area contributed by atoms with Crippen molar-refractivity contribution in [2.45, 2.75) is 25.3 Å². The van der Waals surface area contributed by atoms with Crippen LogP contribution in [0.3, 0.4) is 0 Å². The monoisotopic (exact) mass is 416 g/mol. The third kappa shape index (κ3) is 4.84. The van der Waals surface area contributed by atoms with Gasteiger partial charge in [0.1, 0.15) is 5.82 Å². The minimum atomic E-state index is -0.884. The van der Waals surface area contributed by atoms with E-state index in [1.807, 2.05) is 0 Å². The second-order valence-corrected chi connectivity index (χ2v) is 7.17. The molecule has 2 aromatic rings. The molecular weight excluding hydrogens is 390 g/mol. The molecule has 0 saturated carbocycles. The molecule has 10 heteroatoms. The number of pyridine rings is 1. The van der Waals surface area contributed by atoms with Crippen molar-refractivity contribution in [2.75, 3.05) is 30.0 Å². The summed E-state index contributed by atoms with van der Waals surface area (Å²) < 4.78 is 28.3. The van der Waals surface area contributed by atoms with Crippen LogP contribution >= 0.6 is 0 Å². The highest BCUT2D eigenvalue weighted by Crippen LogP contribution is 2.27. The molecule has 0 spiro atoms. The van der Waals surface area contributed by atoms with Crippen LogP contribution in [0.1, 0.15) is 29.0 Å². The lowest BCUT2D eigenvalue weighted by molar-refractivity contribution is 0.496. The molecule has 1 aliphatic heterocycles. The van der Waals surface area contributed by atoms with Crippen LogP contribution in [0.25, 0.3) is 0 Å². The van der Waals surface area contributed by atoms with Gasteiger partial charge in [0.2, 0.25) is 0 Å². The van der Waals surface area contributed by atoms with Crippen LogP contribution in [-0.4, -0.2) is 24.3 Å². The number of nitrogen functional groups attached to an aromatic ring is 3. The molecule has 1 aliphatic rings. The number of aliphatic imine (C=N–C) groups is 1. The van der Waals surface area contributed by atoms with E-state index in [1.165, 1.54) is 18.5 Å². The first kappa shape index (κ1) is 21.5. The van der Waals surface area contributed by atoms with Crippen LogP contribution in [0, 0.1) is 11.6 Å². The summed E-state index contributed by atoms with van der Waals surface area (Å²) in [5, 5.41) is 3.23. The Hall–Kier alpha value is -3.24. The van der Waals surface area contributed by atoms with Crippen molar-refractivity contribution in [3.63, 3.8) is 0 Å². The van der Waals surface area contributed by atoms with E-state index in [4.69, 9.17) is 23.0 Å². The Bertz CT molecular complexity index is 968. The number of hydrogen-bond acceptors (Lipinski definition) is 8. The molecular formula is C20H26F2N8. The second-order valence-electron chi connectivity index (χ2n) is 7.17. The Morgan fingerprint density at radius 1 is 1.27 bits per heavy atom. The van der Waals surface area contributed by atoms with Crippen LogP contribution in [0.5, 0.6) is 0 Å². The molecule has 160 valence electrons. The fourth-order valence-electron chi connectivity index (χ4n) is 3.47. The van der Waals surface area contributed by atoms with Gasteiger partial charge in [-0.1, -0.05) is 6.07 Å². The fraction of sp³-hybridized carbons (Fsp3) is 0.300. The molecule has 1 unspecified atom stereocenters. The number of allylic oxidation sites excluding steroid dienone is 1. The lowest BCUT2D eigenvalue weighted by Crippen LogP contribution is -2.14. The highest BCUT2D eigenvalue weighted by molar-refractivity contribution is 5.80. The third-order valence-electron chi connectivity index (χ3n) is 5.09. The quantitative estimate of drug-likeness (QED) is 0.227. The highest BCUT2D eigenvalue weighted by Gasteiger charge is 2.20. The maximum absolute atomic E-state index is 14.2. The van der Waals surface area contributed by atoms with Crippen molar-refractivity contribution in [3.05, 3.63) is 58.3 Å². The van der Waals surface area contributed by atoms with E-state index >= 15 is 0 Å². The third-order valence-corrected chi connectivity index (χ3v) is 5.09. The Morgan fingerprint density at radius 3 is 2.73 bits per heavy atom. The molecule has 1 aromatic heterocycles. The van der Waals surface area contributed by atoms with Crippen molar-refractivity contribution in [1.29, 1.82) is 0 Å². The van der Waals surface area contributed by atoms with E-state index in [-0.39, 0.29) is 29.7 Å². The molecule has 8 nitrogen and oxygen atoms in total. The molecule has 0 bridgehead atoms. The number of rotatable bonds is 7. The van der Waals surface area contributed by atoms with Gasteiger partial charge in [0.05, 0.1) is 12.2 Å². The highest BCUT2D eigenvalue weighted by atomic mass is 19.2. The van der Waals surface area contributed by atoms with Crippen molar-refractivity contribution in [3.8, 4) is 0 Å². The Morgan fingerprint density at radius 2 is 2.07 bits per heavy atom. The molecule has 1 aromatic carbocycles. The first-order valence-electron chi connectivity index (χ1n) is 9.53. The molecule has 1 atom stereocenters. The minimum absolute atomic E-state index is 0.0162. The number of halogens is 2. The largest absolute Gasteiger partial charge is 0.404 e. The summed E-state index contributed by atoms with van der Waals surface area (Å²) >= 11 is 0. The van der Waals surface area contributed by atoms with Gasteiger partial charge in [-0.2, -0.15) is 0 Å². The summed E-state index contributed by atoms with van der Waals surface area (Å²) in [7, 11) is 0. The number of aromatic nitrogens is 1. The van der Waals surface area contributed by atoms with Crippen molar-refractivity contribution in [2.24, 2.45) is 16.6 Å². The van der Waals surface area contributed by atoms with Crippen LogP contribution < -0.4 is 33.8 Å². The van der Waals surface area contributed by atoms with Gasteiger partial charge in [0, 0.05) is 24.7 Å². The van der Waals surface area contributed by atoms with Crippen LogP contribution in [0.2, 0.25) is 0 Å². The van der Waals surface area contributed by atoms with E-state index < -0.39 is 11.6 Å². The molecule has 3 rings (SSSR count). The van der Waals surface area contributed by atoms with E-state index in [1.54, 1.807) is 12.1 Å². The number of anilines is 3. The van der Waals surface area contributed by atoms with E-state index in [9.17, 15) is 8.78 Å². The summed E-state index contributed by atoms with van der Waals surface area (Å²) in [6.45, 7) is 1.60. The average molecular weight is 416 g/mol. The molecule has 30 heavy (non-hydrogen) atoms. The van der Waals surface area contributed by atoms with Crippen LogP contribution in [-0.2, 0) is 13.0 Å². The first-order valence-corrected chi connectivity index (χ1v) is 9.53. The summed E-state index contributed by atoms with van der Waals surface area (Å²) in [4.78, 5) is 8.25. The average Bonchev–Trinajstić information content (AvgIpc) is 3.27. The SMILES string of the molecule is NC=C(C=NCc1cc(C2CCNC2)cc(F)c1F)Cc1cc(N)nc(NN)c1N. The number of nitrogens with two attached hydrogens (primary N) is 4. The lowest BCUT2D eigenvalue weighted by atomic mass is 9.96. The predicted octanol–water partition coefficient (Wildman–Crippen LogP) is 1.54. The zero-order chi connectivity index (χ0) is 21.7. The molecule has 1 saturated heterocycles. The van der Waals surface area contributed by atoms with E-state index in [0.29, 0.717) is 23.2 Å². The fourth-order valence-corrected chi connectivity index (χ4v) is 3.47. The Balaban J connectivity index is 1.75. The van der Waals surface area contributed by atoms with Gasteiger partial charge in [-0.25, -0.2) is 19.6 Å². The van der Waals surface area contributed by atoms with Gasteiger partial charge in [-0.3, -0.25) is 4.99 Å². The molecule has 10 N–H and O–H groups in total. The second kappa shape index (κ2) is 9.51. The van der Waals surface area contributed by atoms with Gasteiger partial charge in [0.25, 0.3) is 0 Å². The number of hydrogen-bond donors (Lipinski definition) is 6. The number of hydrazine groups is 1. The maximum Gasteiger partial charge on any atom is 0.165 e. The molecule has 0 aliphatic carbocycles. The van der Waals surface area contributed by atoms with Gasteiger partial charge in [-0.05, 0) is 53.9 Å². The number of nitrogens with zero attached hydrogens (tertiary/aromatic N) is 2. The number of nitrogens with one attached hydrogen (secondary N) is 2. The molecule has 0 amide bonds. The molecule has 0 radical (unpaired) electrons. The maximum atomic E-state index is 14.2. The summed E-state index contributed by atoms with van der Waals surface area (Å²) in [6.07, 6.45) is 4.08. The first-order chi connectivity index (χ1) is 14.4. The minimum Gasteiger partial charge on any atom is -0.404 e. The number of benzene rings is 1.